The van der Waals surface area contributed by atoms with Gasteiger partial charge in [-0.3, -0.25) is 9.59 Å². The molecular formula is C15H19ClN2O2. The van der Waals surface area contributed by atoms with Crippen LogP contribution in [0.3, 0.4) is 0 Å². The number of hydrogen-bond donors (Lipinski definition) is 2. The lowest BCUT2D eigenvalue weighted by atomic mass is 10.1. The molecule has 1 aliphatic rings. The van der Waals surface area contributed by atoms with Crippen LogP contribution in [0.15, 0.2) is 24.3 Å². The quantitative estimate of drug-likeness (QED) is 0.896. The average Bonchev–Trinajstić information content (AvgIpc) is 2.81. The first-order chi connectivity index (χ1) is 9.54. The molecule has 0 aromatic heterocycles. The predicted molar refractivity (Wildman–Crippen MR) is 78.7 cm³/mol. The minimum Gasteiger partial charge on any atom is -0.352 e. The number of carbonyl (C=O) groups excluding carboxylic acids is 2. The molecule has 1 aliphatic carbocycles. The fraction of sp³-hybridized carbons (Fsp3) is 0.467. The van der Waals surface area contributed by atoms with Crippen molar-refractivity contribution in [2.45, 2.75) is 32.2 Å². The molecule has 0 saturated heterocycles. The summed E-state index contributed by atoms with van der Waals surface area (Å²) in [6, 6.07) is 6.90. The molecule has 0 bridgehead atoms. The molecule has 0 aliphatic heterocycles. The maximum Gasteiger partial charge on any atom is 0.251 e. The average molecular weight is 295 g/mol. The van der Waals surface area contributed by atoms with Gasteiger partial charge in [-0.1, -0.05) is 24.6 Å². The van der Waals surface area contributed by atoms with Crippen molar-refractivity contribution in [2.75, 3.05) is 6.54 Å². The normalized spacial score (nSPS) is 21.5. The molecule has 2 amide bonds. The lowest BCUT2D eigenvalue weighted by molar-refractivity contribution is -0.120. The Bertz CT molecular complexity index is 504. The second-order valence-corrected chi connectivity index (χ2v) is 5.81. The fourth-order valence-corrected chi connectivity index (χ4v) is 2.70. The molecule has 1 aromatic rings. The molecule has 0 spiro atoms. The number of hydrogen-bond acceptors (Lipinski definition) is 2. The van der Waals surface area contributed by atoms with Gasteiger partial charge in [0, 0.05) is 16.6 Å². The SMILES string of the molecule is CC1CCC(NC(=O)CNC(=O)c2cccc(Cl)c2)C1. The van der Waals surface area contributed by atoms with Gasteiger partial charge in [0.1, 0.15) is 0 Å². The summed E-state index contributed by atoms with van der Waals surface area (Å²) < 4.78 is 0. The van der Waals surface area contributed by atoms with Crippen molar-refractivity contribution in [3.05, 3.63) is 34.9 Å². The summed E-state index contributed by atoms with van der Waals surface area (Å²) in [4.78, 5) is 23.6. The van der Waals surface area contributed by atoms with Gasteiger partial charge in [0.05, 0.1) is 6.54 Å². The van der Waals surface area contributed by atoms with E-state index < -0.39 is 0 Å². The first-order valence-electron chi connectivity index (χ1n) is 6.87. The van der Waals surface area contributed by atoms with Crippen molar-refractivity contribution >= 4 is 23.4 Å². The highest BCUT2D eigenvalue weighted by molar-refractivity contribution is 6.30. The van der Waals surface area contributed by atoms with Crippen molar-refractivity contribution in [2.24, 2.45) is 5.92 Å². The van der Waals surface area contributed by atoms with Gasteiger partial charge in [0.25, 0.3) is 5.91 Å². The van der Waals surface area contributed by atoms with Gasteiger partial charge >= 0.3 is 0 Å². The van der Waals surface area contributed by atoms with Gasteiger partial charge in [-0.15, -0.1) is 0 Å². The van der Waals surface area contributed by atoms with Gasteiger partial charge in [-0.05, 0) is 43.4 Å². The largest absolute Gasteiger partial charge is 0.352 e. The minimum atomic E-state index is -0.289. The van der Waals surface area contributed by atoms with Crippen molar-refractivity contribution in [3.63, 3.8) is 0 Å². The summed E-state index contributed by atoms with van der Waals surface area (Å²) in [5.41, 5.74) is 0.458. The zero-order chi connectivity index (χ0) is 14.5. The van der Waals surface area contributed by atoms with Crippen LogP contribution in [-0.4, -0.2) is 24.4 Å². The van der Waals surface area contributed by atoms with E-state index >= 15 is 0 Å². The monoisotopic (exact) mass is 294 g/mol. The molecule has 0 heterocycles. The van der Waals surface area contributed by atoms with E-state index in [1.54, 1.807) is 24.3 Å². The molecule has 2 unspecified atom stereocenters. The second-order valence-electron chi connectivity index (χ2n) is 5.38. The van der Waals surface area contributed by atoms with E-state index in [9.17, 15) is 9.59 Å². The van der Waals surface area contributed by atoms with E-state index in [0.29, 0.717) is 16.5 Å². The highest BCUT2D eigenvalue weighted by atomic mass is 35.5. The number of amides is 2. The minimum absolute atomic E-state index is 0.00374. The van der Waals surface area contributed by atoms with E-state index in [1.807, 2.05) is 0 Å². The first kappa shape index (κ1) is 14.9. The van der Waals surface area contributed by atoms with Crippen LogP contribution in [0.2, 0.25) is 5.02 Å². The lowest BCUT2D eigenvalue weighted by Gasteiger charge is -2.13. The lowest BCUT2D eigenvalue weighted by Crippen LogP contribution is -2.41. The Morgan fingerprint density at radius 2 is 2.15 bits per heavy atom. The molecule has 2 atom stereocenters. The Balaban J connectivity index is 1.77. The summed E-state index contributed by atoms with van der Waals surface area (Å²) in [6.07, 6.45) is 3.20. The number of rotatable bonds is 4. The Morgan fingerprint density at radius 1 is 1.35 bits per heavy atom. The summed E-state index contributed by atoms with van der Waals surface area (Å²) in [6.45, 7) is 2.18. The molecule has 1 aromatic carbocycles. The van der Waals surface area contributed by atoms with Crippen LogP contribution < -0.4 is 10.6 Å². The van der Waals surface area contributed by atoms with Gasteiger partial charge in [-0.25, -0.2) is 0 Å². The van der Waals surface area contributed by atoms with E-state index in [4.69, 9.17) is 11.6 Å². The fourth-order valence-electron chi connectivity index (χ4n) is 2.51. The van der Waals surface area contributed by atoms with Gasteiger partial charge < -0.3 is 10.6 Å². The molecule has 1 fully saturated rings. The van der Waals surface area contributed by atoms with Crippen LogP contribution in [0.4, 0.5) is 0 Å². The summed E-state index contributed by atoms with van der Waals surface area (Å²) in [5, 5.41) is 6.05. The zero-order valence-electron chi connectivity index (χ0n) is 11.5. The molecule has 108 valence electrons. The van der Waals surface area contributed by atoms with Crippen LogP contribution in [-0.2, 0) is 4.79 Å². The zero-order valence-corrected chi connectivity index (χ0v) is 12.2. The van der Waals surface area contributed by atoms with Gasteiger partial charge in [-0.2, -0.15) is 0 Å². The third-order valence-electron chi connectivity index (χ3n) is 3.56. The molecule has 2 N–H and O–H groups in total. The van der Waals surface area contributed by atoms with E-state index in [-0.39, 0.29) is 24.4 Å². The first-order valence-corrected chi connectivity index (χ1v) is 7.25. The van der Waals surface area contributed by atoms with Crippen molar-refractivity contribution in [1.29, 1.82) is 0 Å². The summed E-state index contributed by atoms with van der Waals surface area (Å²) >= 11 is 5.82. The Hall–Kier alpha value is -1.55. The van der Waals surface area contributed by atoms with Crippen molar-refractivity contribution < 1.29 is 9.59 Å². The number of carbonyl (C=O) groups is 2. The Morgan fingerprint density at radius 3 is 2.80 bits per heavy atom. The third-order valence-corrected chi connectivity index (χ3v) is 3.79. The van der Waals surface area contributed by atoms with Gasteiger partial charge in [0.15, 0.2) is 0 Å². The second kappa shape index (κ2) is 6.75. The molecule has 0 radical (unpaired) electrons. The Labute approximate surface area is 123 Å². The smallest absolute Gasteiger partial charge is 0.251 e. The molecule has 4 nitrogen and oxygen atoms in total. The predicted octanol–water partition coefficient (Wildman–Crippen LogP) is 2.37. The number of benzene rings is 1. The standard InChI is InChI=1S/C15H19ClN2O2/c1-10-5-6-13(7-10)18-14(19)9-17-15(20)11-3-2-4-12(16)8-11/h2-4,8,10,13H,5-7,9H2,1H3,(H,17,20)(H,18,19). The van der Waals surface area contributed by atoms with Crippen molar-refractivity contribution in [1.82, 2.24) is 10.6 Å². The van der Waals surface area contributed by atoms with E-state index in [2.05, 4.69) is 17.6 Å². The third kappa shape index (κ3) is 4.23. The van der Waals surface area contributed by atoms with E-state index in [0.717, 1.165) is 19.3 Å². The van der Waals surface area contributed by atoms with E-state index in [1.165, 1.54) is 0 Å². The molecule has 20 heavy (non-hydrogen) atoms. The molecule has 5 heteroatoms. The van der Waals surface area contributed by atoms with Crippen LogP contribution in [0.1, 0.15) is 36.5 Å². The highest BCUT2D eigenvalue weighted by Gasteiger charge is 2.22. The molecule has 1 saturated carbocycles. The molecular weight excluding hydrogens is 276 g/mol. The number of nitrogens with one attached hydrogen (secondary N) is 2. The number of halogens is 1. The highest BCUT2D eigenvalue weighted by Crippen LogP contribution is 2.24. The summed E-state index contributed by atoms with van der Waals surface area (Å²) in [7, 11) is 0. The summed E-state index contributed by atoms with van der Waals surface area (Å²) in [5.74, 6) is 0.239. The molecule has 2 rings (SSSR count). The van der Waals surface area contributed by atoms with Crippen LogP contribution >= 0.6 is 11.6 Å². The van der Waals surface area contributed by atoms with Gasteiger partial charge in [0.2, 0.25) is 5.91 Å². The maximum absolute atomic E-state index is 11.8. The van der Waals surface area contributed by atoms with Crippen LogP contribution in [0, 0.1) is 5.92 Å². The maximum atomic E-state index is 11.8. The van der Waals surface area contributed by atoms with Crippen LogP contribution in [0.5, 0.6) is 0 Å². The Kier molecular flexibility index (Phi) is 5.01. The van der Waals surface area contributed by atoms with Crippen LogP contribution in [0.25, 0.3) is 0 Å². The topological polar surface area (TPSA) is 58.2 Å². The van der Waals surface area contributed by atoms with Crippen molar-refractivity contribution in [3.8, 4) is 0 Å².